The Bertz CT molecular complexity index is 747. The molecule has 3 rings (SSSR count). The van der Waals surface area contributed by atoms with Crippen LogP contribution in [0.4, 0.5) is 0 Å². The van der Waals surface area contributed by atoms with Crippen molar-refractivity contribution in [1.29, 1.82) is 0 Å². The molecule has 3 nitrogen and oxygen atoms in total. The van der Waals surface area contributed by atoms with E-state index in [1.54, 1.807) is 0 Å². The lowest BCUT2D eigenvalue weighted by Gasteiger charge is -2.14. The zero-order valence-electron chi connectivity index (χ0n) is 15.3. The van der Waals surface area contributed by atoms with E-state index in [1.165, 1.54) is 0 Å². The van der Waals surface area contributed by atoms with Crippen molar-refractivity contribution in [2.24, 2.45) is 0 Å². The molecule has 1 aliphatic rings. The Morgan fingerprint density at radius 3 is 2.50 bits per heavy atom. The van der Waals surface area contributed by atoms with E-state index >= 15 is 0 Å². The van der Waals surface area contributed by atoms with Crippen LogP contribution >= 0.6 is 0 Å². The van der Waals surface area contributed by atoms with Gasteiger partial charge >= 0.3 is 0 Å². The molecule has 0 aliphatic heterocycles. The number of benzene rings is 2. The SMILES string of the molecule is CCc1cc(Oc2ccccc2)ccc1OCCCOC1=CCCC=C1. The third kappa shape index (κ3) is 5.41. The first-order valence-corrected chi connectivity index (χ1v) is 9.33. The molecule has 2 aromatic rings. The zero-order valence-corrected chi connectivity index (χ0v) is 15.3. The van der Waals surface area contributed by atoms with E-state index in [1.807, 2.05) is 48.5 Å². The Kier molecular flexibility index (Phi) is 6.77. The predicted molar refractivity (Wildman–Crippen MR) is 105 cm³/mol. The van der Waals surface area contributed by atoms with E-state index in [0.717, 1.165) is 54.3 Å². The van der Waals surface area contributed by atoms with Gasteiger partial charge in [0, 0.05) is 6.42 Å². The van der Waals surface area contributed by atoms with Crippen molar-refractivity contribution < 1.29 is 14.2 Å². The molecule has 0 fully saturated rings. The highest BCUT2D eigenvalue weighted by molar-refractivity contribution is 5.42. The maximum absolute atomic E-state index is 5.95. The molecule has 0 radical (unpaired) electrons. The summed E-state index contributed by atoms with van der Waals surface area (Å²) in [6.07, 6.45) is 10.3. The summed E-state index contributed by atoms with van der Waals surface area (Å²) in [5, 5.41) is 0. The Hall–Kier alpha value is -2.68. The number of hydrogen-bond donors (Lipinski definition) is 0. The molecule has 0 N–H and O–H groups in total. The minimum Gasteiger partial charge on any atom is -0.494 e. The van der Waals surface area contributed by atoms with E-state index in [4.69, 9.17) is 14.2 Å². The quantitative estimate of drug-likeness (QED) is 0.514. The van der Waals surface area contributed by atoms with Crippen molar-refractivity contribution in [3.8, 4) is 17.2 Å². The van der Waals surface area contributed by atoms with Gasteiger partial charge in [0.2, 0.25) is 0 Å². The first kappa shape index (κ1) is 18.1. The summed E-state index contributed by atoms with van der Waals surface area (Å²) in [6.45, 7) is 3.44. The van der Waals surface area contributed by atoms with Gasteiger partial charge in [0.05, 0.1) is 13.2 Å². The van der Waals surface area contributed by atoms with Gasteiger partial charge in [-0.3, -0.25) is 0 Å². The summed E-state index contributed by atoms with van der Waals surface area (Å²) >= 11 is 0. The van der Waals surface area contributed by atoms with Gasteiger partial charge in [-0.15, -0.1) is 0 Å². The predicted octanol–water partition coefficient (Wildman–Crippen LogP) is 6.06. The average Bonchev–Trinajstić information content (AvgIpc) is 2.70. The molecule has 0 amide bonds. The summed E-state index contributed by atoms with van der Waals surface area (Å²) in [6, 6.07) is 15.8. The average molecular weight is 350 g/mol. The van der Waals surface area contributed by atoms with Crippen LogP contribution in [-0.2, 0) is 11.2 Å². The van der Waals surface area contributed by atoms with Crippen molar-refractivity contribution in [3.63, 3.8) is 0 Å². The van der Waals surface area contributed by atoms with Gasteiger partial charge in [-0.05, 0) is 67.3 Å². The third-order valence-corrected chi connectivity index (χ3v) is 4.17. The number of hydrogen-bond acceptors (Lipinski definition) is 3. The molecule has 0 spiro atoms. The van der Waals surface area contributed by atoms with E-state index in [2.05, 4.69) is 25.1 Å². The van der Waals surface area contributed by atoms with Gasteiger partial charge in [-0.1, -0.05) is 31.2 Å². The first-order chi connectivity index (χ1) is 12.8. The van der Waals surface area contributed by atoms with Gasteiger partial charge < -0.3 is 14.2 Å². The Morgan fingerprint density at radius 2 is 1.73 bits per heavy atom. The fourth-order valence-electron chi connectivity index (χ4n) is 2.79. The van der Waals surface area contributed by atoms with Gasteiger partial charge in [0.25, 0.3) is 0 Å². The van der Waals surface area contributed by atoms with Gasteiger partial charge in [0.15, 0.2) is 0 Å². The van der Waals surface area contributed by atoms with Gasteiger partial charge in [0.1, 0.15) is 23.0 Å². The van der Waals surface area contributed by atoms with Crippen LogP contribution in [0, 0.1) is 0 Å². The summed E-state index contributed by atoms with van der Waals surface area (Å²) < 4.78 is 17.6. The molecule has 0 bridgehead atoms. The molecule has 1 aliphatic carbocycles. The van der Waals surface area contributed by atoms with E-state index in [-0.39, 0.29) is 0 Å². The van der Waals surface area contributed by atoms with Crippen LogP contribution < -0.4 is 9.47 Å². The van der Waals surface area contributed by atoms with Crippen molar-refractivity contribution in [1.82, 2.24) is 0 Å². The minimum absolute atomic E-state index is 0.642. The minimum atomic E-state index is 0.642. The topological polar surface area (TPSA) is 27.7 Å². The van der Waals surface area contributed by atoms with Crippen LogP contribution in [0.25, 0.3) is 0 Å². The highest BCUT2D eigenvalue weighted by Crippen LogP contribution is 2.28. The highest BCUT2D eigenvalue weighted by atomic mass is 16.5. The van der Waals surface area contributed by atoms with Crippen LogP contribution in [0.5, 0.6) is 17.2 Å². The molecule has 3 heteroatoms. The number of rotatable bonds is 9. The van der Waals surface area contributed by atoms with Crippen LogP contribution in [0.1, 0.15) is 31.7 Å². The second-order valence-corrected chi connectivity index (χ2v) is 6.17. The number of ether oxygens (including phenoxy) is 3. The monoisotopic (exact) mass is 350 g/mol. The fourth-order valence-corrected chi connectivity index (χ4v) is 2.79. The van der Waals surface area contributed by atoms with E-state index in [0.29, 0.717) is 13.2 Å². The summed E-state index contributed by atoms with van der Waals surface area (Å²) in [5.41, 5.74) is 1.15. The Balaban J connectivity index is 1.48. The van der Waals surface area contributed by atoms with E-state index in [9.17, 15) is 0 Å². The van der Waals surface area contributed by atoms with Crippen LogP contribution in [-0.4, -0.2) is 13.2 Å². The molecule has 0 heterocycles. The summed E-state index contributed by atoms with van der Waals surface area (Å²) in [7, 11) is 0. The smallest absolute Gasteiger partial charge is 0.127 e. The molecule has 2 aromatic carbocycles. The second-order valence-electron chi connectivity index (χ2n) is 6.17. The Labute approximate surface area is 155 Å². The molecular formula is C23H26O3. The molecule has 0 unspecified atom stereocenters. The number of allylic oxidation sites excluding steroid dienone is 3. The molecule has 0 atom stereocenters. The van der Waals surface area contributed by atoms with Crippen molar-refractivity contribution >= 4 is 0 Å². The Morgan fingerprint density at radius 1 is 0.885 bits per heavy atom. The second kappa shape index (κ2) is 9.71. The van der Waals surface area contributed by atoms with Crippen LogP contribution in [0.3, 0.4) is 0 Å². The van der Waals surface area contributed by atoms with Gasteiger partial charge in [-0.2, -0.15) is 0 Å². The molecule has 0 saturated heterocycles. The lowest BCUT2D eigenvalue weighted by atomic mass is 10.1. The van der Waals surface area contributed by atoms with Crippen LogP contribution in [0.15, 0.2) is 72.5 Å². The zero-order chi connectivity index (χ0) is 18.0. The van der Waals surface area contributed by atoms with Crippen molar-refractivity contribution in [3.05, 3.63) is 78.1 Å². The van der Waals surface area contributed by atoms with Crippen molar-refractivity contribution in [2.45, 2.75) is 32.6 Å². The lowest BCUT2D eigenvalue weighted by molar-refractivity contribution is 0.190. The standard InChI is InChI=1S/C23H26O3/c1-2-19-18-22(26-21-12-7-4-8-13-21)14-15-23(19)25-17-9-16-24-20-10-5-3-6-11-20/h4-5,7-8,10-15,18H,2-3,6,9,16-17H2,1H3. The summed E-state index contributed by atoms with van der Waals surface area (Å²) in [4.78, 5) is 0. The van der Waals surface area contributed by atoms with E-state index < -0.39 is 0 Å². The maximum atomic E-state index is 5.95. The number of para-hydroxylation sites is 1. The number of aryl methyl sites for hydroxylation is 1. The maximum Gasteiger partial charge on any atom is 0.127 e. The normalized spacial score (nSPS) is 13.2. The van der Waals surface area contributed by atoms with Crippen LogP contribution in [0.2, 0.25) is 0 Å². The first-order valence-electron chi connectivity index (χ1n) is 9.33. The molecular weight excluding hydrogens is 324 g/mol. The van der Waals surface area contributed by atoms with Gasteiger partial charge in [-0.25, -0.2) is 0 Å². The summed E-state index contributed by atoms with van der Waals surface area (Å²) in [5.74, 6) is 3.57. The third-order valence-electron chi connectivity index (χ3n) is 4.17. The largest absolute Gasteiger partial charge is 0.494 e. The molecule has 26 heavy (non-hydrogen) atoms. The molecule has 0 saturated carbocycles. The van der Waals surface area contributed by atoms with Crippen molar-refractivity contribution in [2.75, 3.05) is 13.2 Å². The molecule has 136 valence electrons. The lowest BCUT2D eigenvalue weighted by Crippen LogP contribution is -2.04. The fraction of sp³-hybridized carbons (Fsp3) is 0.304. The highest BCUT2D eigenvalue weighted by Gasteiger charge is 2.06. The molecule has 0 aromatic heterocycles.